The summed E-state index contributed by atoms with van der Waals surface area (Å²) >= 11 is 12.0. The highest BCUT2D eigenvalue weighted by Gasteiger charge is 2.27. The normalized spacial score (nSPS) is 19.4. The first-order valence-corrected chi connectivity index (χ1v) is 7.32. The van der Waals surface area contributed by atoms with Crippen molar-refractivity contribution >= 4 is 23.2 Å². The first-order chi connectivity index (χ1) is 9.66. The molecule has 2 atom stereocenters. The van der Waals surface area contributed by atoms with Crippen molar-refractivity contribution in [3.63, 3.8) is 0 Å². The molecule has 0 fully saturated rings. The molecule has 2 nitrogen and oxygen atoms in total. The molecule has 20 heavy (non-hydrogen) atoms. The molecular formula is C16H15Cl2NO. The Bertz CT molecular complexity index is 630. The quantitative estimate of drug-likeness (QED) is 0.897. The van der Waals surface area contributed by atoms with Crippen molar-refractivity contribution in [3.8, 4) is 0 Å². The predicted octanol–water partition coefficient (Wildman–Crippen LogP) is 4.31. The van der Waals surface area contributed by atoms with E-state index in [-0.39, 0.29) is 12.1 Å². The zero-order valence-corrected chi connectivity index (χ0v) is 12.4. The first-order valence-electron chi connectivity index (χ1n) is 6.57. The zero-order chi connectivity index (χ0) is 14.1. The molecule has 0 amide bonds. The number of halogens is 2. The van der Waals surface area contributed by atoms with Gasteiger partial charge in [-0.05, 0) is 35.2 Å². The van der Waals surface area contributed by atoms with Gasteiger partial charge in [0.15, 0.2) is 0 Å². The molecule has 0 spiro atoms. The van der Waals surface area contributed by atoms with Crippen molar-refractivity contribution in [1.29, 1.82) is 0 Å². The number of hydrogen-bond donors (Lipinski definition) is 1. The summed E-state index contributed by atoms with van der Waals surface area (Å²) in [4.78, 5) is 0. The van der Waals surface area contributed by atoms with E-state index in [9.17, 15) is 0 Å². The van der Waals surface area contributed by atoms with Gasteiger partial charge < -0.3 is 10.5 Å². The third-order valence-electron chi connectivity index (χ3n) is 3.69. The molecule has 2 unspecified atom stereocenters. The summed E-state index contributed by atoms with van der Waals surface area (Å²) in [5, 5.41) is 1.05. The lowest BCUT2D eigenvalue weighted by Crippen LogP contribution is -2.27. The van der Waals surface area contributed by atoms with Gasteiger partial charge in [0.05, 0.1) is 22.7 Å². The van der Waals surface area contributed by atoms with Crippen molar-refractivity contribution < 1.29 is 4.74 Å². The van der Waals surface area contributed by atoms with Crippen molar-refractivity contribution in [2.75, 3.05) is 6.61 Å². The molecule has 0 bridgehead atoms. The Labute approximate surface area is 128 Å². The van der Waals surface area contributed by atoms with Crippen LogP contribution in [-0.2, 0) is 11.2 Å². The van der Waals surface area contributed by atoms with E-state index in [1.807, 2.05) is 24.3 Å². The van der Waals surface area contributed by atoms with Crippen LogP contribution in [0.4, 0.5) is 0 Å². The summed E-state index contributed by atoms with van der Waals surface area (Å²) in [6, 6.07) is 13.5. The van der Waals surface area contributed by atoms with E-state index in [1.165, 1.54) is 5.56 Å². The fourth-order valence-electron chi connectivity index (χ4n) is 2.62. The van der Waals surface area contributed by atoms with Gasteiger partial charge in [-0.2, -0.15) is 0 Å². The highest BCUT2D eigenvalue weighted by Crippen LogP contribution is 2.37. The number of fused-ring (bicyclic) bond motifs is 1. The number of ether oxygens (including phenoxy) is 1. The minimum absolute atomic E-state index is 0.141. The summed E-state index contributed by atoms with van der Waals surface area (Å²) in [6.45, 7) is 0.691. The number of rotatable bonds is 2. The number of nitrogens with two attached hydrogens (primary N) is 1. The van der Waals surface area contributed by atoms with Crippen molar-refractivity contribution in [3.05, 3.63) is 69.2 Å². The van der Waals surface area contributed by atoms with Crippen molar-refractivity contribution in [2.45, 2.75) is 18.6 Å². The minimum Gasteiger partial charge on any atom is -0.371 e. The Balaban J connectivity index is 1.95. The molecule has 1 aliphatic rings. The summed E-state index contributed by atoms with van der Waals surface area (Å²) in [5.74, 6) is 0. The molecular weight excluding hydrogens is 293 g/mol. The Kier molecular flexibility index (Phi) is 3.99. The monoisotopic (exact) mass is 307 g/mol. The fraction of sp³-hybridized carbons (Fsp3) is 0.250. The summed E-state index contributed by atoms with van der Waals surface area (Å²) in [7, 11) is 0. The zero-order valence-electron chi connectivity index (χ0n) is 10.9. The van der Waals surface area contributed by atoms with Gasteiger partial charge in [0.2, 0.25) is 0 Å². The van der Waals surface area contributed by atoms with Crippen LogP contribution in [0.2, 0.25) is 10.0 Å². The van der Waals surface area contributed by atoms with E-state index in [0.717, 1.165) is 17.5 Å². The van der Waals surface area contributed by atoms with Crippen molar-refractivity contribution in [2.24, 2.45) is 5.73 Å². The molecule has 2 aromatic carbocycles. The second kappa shape index (κ2) is 5.74. The maximum Gasteiger partial charge on any atom is 0.102 e. The molecule has 3 rings (SSSR count). The lowest BCUT2D eigenvalue weighted by Gasteiger charge is -2.30. The summed E-state index contributed by atoms with van der Waals surface area (Å²) in [6.07, 6.45) is 0.790. The van der Waals surface area contributed by atoms with E-state index >= 15 is 0 Å². The number of hydrogen-bond acceptors (Lipinski definition) is 2. The average Bonchev–Trinajstić information content (AvgIpc) is 2.49. The van der Waals surface area contributed by atoms with E-state index in [2.05, 4.69) is 12.1 Å². The third-order valence-corrected chi connectivity index (χ3v) is 4.42. The van der Waals surface area contributed by atoms with Crippen LogP contribution >= 0.6 is 23.2 Å². The van der Waals surface area contributed by atoms with Crippen LogP contribution in [0, 0.1) is 0 Å². The van der Waals surface area contributed by atoms with Gasteiger partial charge in [0.1, 0.15) is 6.10 Å². The topological polar surface area (TPSA) is 35.2 Å². The molecule has 0 radical (unpaired) electrons. The minimum atomic E-state index is -0.258. The van der Waals surface area contributed by atoms with Gasteiger partial charge in [0.25, 0.3) is 0 Å². The number of benzene rings is 2. The average molecular weight is 308 g/mol. The largest absolute Gasteiger partial charge is 0.371 e. The molecule has 1 heterocycles. The summed E-state index contributed by atoms with van der Waals surface area (Å²) in [5.41, 5.74) is 9.78. The van der Waals surface area contributed by atoms with E-state index < -0.39 is 0 Å². The lowest BCUT2D eigenvalue weighted by atomic mass is 9.90. The smallest absolute Gasteiger partial charge is 0.102 e. The second-order valence-electron chi connectivity index (χ2n) is 4.94. The summed E-state index contributed by atoms with van der Waals surface area (Å²) < 4.78 is 5.89. The third kappa shape index (κ3) is 2.57. The van der Waals surface area contributed by atoms with Gasteiger partial charge in [-0.15, -0.1) is 0 Å². The predicted molar refractivity (Wildman–Crippen MR) is 82.2 cm³/mol. The SMILES string of the molecule is NC(c1ccc(Cl)c(Cl)c1)C1OCCc2ccccc21. The highest BCUT2D eigenvalue weighted by atomic mass is 35.5. The van der Waals surface area contributed by atoms with Crippen molar-refractivity contribution in [1.82, 2.24) is 0 Å². The molecule has 104 valence electrons. The van der Waals surface area contributed by atoms with Gasteiger partial charge >= 0.3 is 0 Å². The van der Waals surface area contributed by atoms with Crippen LogP contribution < -0.4 is 5.73 Å². The maximum absolute atomic E-state index is 6.38. The maximum atomic E-state index is 6.38. The molecule has 1 aliphatic heterocycles. The first kappa shape index (κ1) is 13.9. The Morgan fingerprint density at radius 3 is 2.70 bits per heavy atom. The van der Waals surface area contributed by atoms with E-state index in [4.69, 9.17) is 33.7 Å². The van der Waals surface area contributed by atoms with Gasteiger partial charge in [-0.3, -0.25) is 0 Å². The molecule has 0 aromatic heterocycles. The van der Waals surface area contributed by atoms with Crippen LogP contribution in [0.1, 0.15) is 28.8 Å². The molecule has 0 saturated heterocycles. The molecule has 2 N–H and O–H groups in total. The second-order valence-corrected chi connectivity index (χ2v) is 5.75. The van der Waals surface area contributed by atoms with E-state index in [1.54, 1.807) is 6.07 Å². The van der Waals surface area contributed by atoms with Crippen LogP contribution in [0.25, 0.3) is 0 Å². The molecule has 0 saturated carbocycles. The van der Waals surface area contributed by atoms with Gasteiger partial charge in [-0.1, -0.05) is 53.5 Å². The Morgan fingerprint density at radius 2 is 1.90 bits per heavy atom. The lowest BCUT2D eigenvalue weighted by molar-refractivity contribution is 0.0241. The van der Waals surface area contributed by atoms with Gasteiger partial charge in [0, 0.05) is 0 Å². The van der Waals surface area contributed by atoms with Crippen LogP contribution in [0.15, 0.2) is 42.5 Å². The van der Waals surface area contributed by atoms with E-state index in [0.29, 0.717) is 16.7 Å². The highest BCUT2D eigenvalue weighted by molar-refractivity contribution is 6.42. The fourth-order valence-corrected chi connectivity index (χ4v) is 2.92. The Morgan fingerprint density at radius 1 is 1.10 bits per heavy atom. The van der Waals surface area contributed by atoms with Crippen LogP contribution in [0.5, 0.6) is 0 Å². The van der Waals surface area contributed by atoms with Gasteiger partial charge in [-0.25, -0.2) is 0 Å². The molecule has 4 heteroatoms. The molecule has 2 aromatic rings. The standard InChI is InChI=1S/C16H15Cl2NO/c17-13-6-5-11(9-14(13)18)15(19)16-12-4-2-1-3-10(12)7-8-20-16/h1-6,9,15-16H,7-8,19H2. The molecule has 0 aliphatic carbocycles. The van der Waals surface area contributed by atoms with Crippen LogP contribution in [-0.4, -0.2) is 6.61 Å². The van der Waals surface area contributed by atoms with Crippen LogP contribution in [0.3, 0.4) is 0 Å². The Hall–Kier alpha value is -1.06.